The van der Waals surface area contributed by atoms with Crippen LogP contribution in [0, 0.1) is 6.92 Å². The van der Waals surface area contributed by atoms with Crippen LogP contribution in [0.3, 0.4) is 0 Å². The molecule has 0 aromatic heterocycles. The van der Waals surface area contributed by atoms with Crippen LogP contribution < -0.4 is 5.32 Å². The number of hydrogen-bond acceptors (Lipinski definition) is 3. The molecule has 2 aromatic rings. The van der Waals surface area contributed by atoms with E-state index in [0.29, 0.717) is 0 Å². The minimum absolute atomic E-state index is 0.0437. The predicted octanol–water partition coefficient (Wildman–Crippen LogP) is 3.90. The Labute approximate surface area is 155 Å². The molecule has 1 amide bonds. The van der Waals surface area contributed by atoms with Crippen LogP contribution in [-0.2, 0) is 9.84 Å². The van der Waals surface area contributed by atoms with Gasteiger partial charge >= 0.3 is 0 Å². The number of sulfone groups is 1. The molecular weight excluding hydrogens is 393 g/mol. The highest BCUT2D eigenvalue weighted by molar-refractivity contribution is 7.92. The molecule has 0 radical (unpaired) electrons. The van der Waals surface area contributed by atoms with E-state index in [2.05, 4.69) is 5.32 Å². The van der Waals surface area contributed by atoms with E-state index in [1.807, 2.05) is 6.92 Å². The fourth-order valence-corrected chi connectivity index (χ4v) is 4.61. The van der Waals surface area contributed by atoms with Crippen molar-refractivity contribution in [2.45, 2.75) is 21.0 Å². The molecule has 1 atom stereocenters. The maximum absolute atomic E-state index is 12.8. The van der Waals surface area contributed by atoms with Crippen LogP contribution in [0.2, 0.25) is 0 Å². The molecule has 8 heteroatoms. The number of hydrogen-bond donors (Lipinski definition) is 1. The molecule has 0 saturated carbocycles. The molecule has 0 fully saturated rings. The molecule has 0 aliphatic rings. The van der Waals surface area contributed by atoms with Gasteiger partial charge < -0.3 is 5.32 Å². The molecule has 0 saturated heterocycles. The van der Waals surface area contributed by atoms with Crippen molar-refractivity contribution >= 4 is 50.5 Å². The molecule has 0 aliphatic carbocycles. The van der Waals surface area contributed by atoms with Crippen molar-refractivity contribution in [1.82, 2.24) is 5.32 Å². The summed E-state index contributed by atoms with van der Waals surface area (Å²) < 4.78 is 23.3. The van der Waals surface area contributed by atoms with Gasteiger partial charge in [-0.1, -0.05) is 70.7 Å². The maximum Gasteiger partial charge on any atom is 0.252 e. The third-order valence-electron chi connectivity index (χ3n) is 3.26. The van der Waals surface area contributed by atoms with Crippen molar-refractivity contribution in [1.29, 1.82) is 0 Å². The second-order valence-corrected chi connectivity index (χ2v) is 9.52. The Morgan fingerprint density at radius 1 is 1.00 bits per heavy atom. The van der Waals surface area contributed by atoms with Gasteiger partial charge in [0.2, 0.25) is 13.6 Å². The zero-order valence-corrected chi connectivity index (χ0v) is 15.6. The van der Waals surface area contributed by atoms with Crippen molar-refractivity contribution in [3.8, 4) is 0 Å². The average Bonchev–Trinajstić information content (AvgIpc) is 2.52. The molecule has 2 aromatic carbocycles. The Hall–Kier alpha value is -1.27. The van der Waals surface area contributed by atoms with Gasteiger partial charge in [-0.2, -0.15) is 0 Å². The zero-order valence-electron chi connectivity index (χ0n) is 12.5. The summed E-state index contributed by atoms with van der Waals surface area (Å²) in [6.45, 7) is 1.82. The van der Waals surface area contributed by atoms with E-state index in [0.717, 1.165) is 5.56 Å². The predicted molar refractivity (Wildman–Crippen MR) is 96.4 cm³/mol. The van der Waals surface area contributed by atoms with Gasteiger partial charge in [-0.05, 0) is 31.2 Å². The molecule has 0 bridgehead atoms. The van der Waals surface area contributed by atoms with Gasteiger partial charge in [0.15, 0.2) is 5.37 Å². The van der Waals surface area contributed by atoms with Crippen LogP contribution in [0.25, 0.3) is 0 Å². The summed E-state index contributed by atoms with van der Waals surface area (Å²) in [5.41, 5.74) is 1.14. The number of amides is 1. The van der Waals surface area contributed by atoms with Gasteiger partial charge in [0.05, 0.1) is 4.90 Å². The highest BCUT2D eigenvalue weighted by Crippen LogP contribution is 2.36. The average molecular weight is 407 g/mol. The first-order chi connectivity index (χ1) is 11.1. The summed E-state index contributed by atoms with van der Waals surface area (Å²) in [5.74, 6) is -0.650. The normalized spacial score (nSPS) is 13.3. The molecule has 0 aliphatic heterocycles. The van der Waals surface area contributed by atoms with Crippen molar-refractivity contribution < 1.29 is 13.2 Å². The minimum atomic E-state index is -4.11. The van der Waals surface area contributed by atoms with E-state index in [9.17, 15) is 13.2 Å². The van der Waals surface area contributed by atoms with Gasteiger partial charge in [-0.15, -0.1) is 0 Å². The lowest BCUT2D eigenvalue weighted by molar-refractivity contribution is 0.0948. The Morgan fingerprint density at radius 3 is 2.04 bits per heavy atom. The first kappa shape index (κ1) is 19.1. The number of aryl methyl sites for hydroxylation is 1. The van der Waals surface area contributed by atoms with Gasteiger partial charge in [-0.25, -0.2) is 8.42 Å². The van der Waals surface area contributed by atoms with Crippen molar-refractivity contribution in [3.05, 3.63) is 65.7 Å². The number of alkyl halides is 3. The Bertz CT molecular complexity index is 816. The van der Waals surface area contributed by atoms with Crippen LogP contribution in [0.1, 0.15) is 15.9 Å². The van der Waals surface area contributed by atoms with Gasteiger partial charge in [0, 0.05) is 5.56 Å². The lowest BCUT2D eigenvalue weighted by Gasteiger charge is -2.25. The summed E-state index contributed by atoms with van der Waals surface area (Å²) in [4.78, 5) is 12.2. The van der Waals surface area contributed by atoms with E-state index in [4.69, 9.17) is 34.8 Å². The minimum Gasteiger partial charge on any atom is -0.332 e. The largest absolute Gasteiger partial charge is 0.332 e. The molecule has 0 spiro atoms. The third kappa shape index (κ3) is 4.42. The summed E-state index contributed by atoms with van der Waals surface area (Å²) in [6.07, 6.45) is 0. The maximum atomic E-state index is 12.8. The third-order valence-corrected chi connectivity index (χ3v) is 6.32. The van der Waals surface area contributed by atoms with Gasteiger partial charge in [0.1, 0.15) is 0 Å². The van der Waals surface area contributed by atoms with Gasteiger partial charge in [-0.3, -0.25) is 4.79 Å². The molecular formula is C16H14Cl3NO3S. The zero-order chi connectivity index (χ0) is 18.0. The summed E-state index contributed by atoms with van der Waals surface area (Å²) in [6, 6.07) is 14.1. The van der Waals surface area contributed by atoms with E-state index in [1.54, 1.807) is 30.3 Å². The van der Waals surface area contributed by atoms with E-state index in [-0.39, 0.29) is 10.5 Å². The van der Waals surface area contributed by atoms with Crippen LogP contribution in [-0.4, -0.2) is 23.5 Å². The summed E-state index contributed by atoms with van der Waals surface area (Å²) in [5, 5.41) is 0.573. The number of carbonyl (C=O) groups excluding carboxylic acids is 1. The van der Waals surface area contributed by atoms with Crippen LogP contribution in [0.15, 0.2) is 59.5 Å². The molecule has 4 nitrogen and oxygen atoms in total. The lowest BCUT2D eigenvalue weighted by atomic mass is 10.2. The van der Waals surface area contributed by atoms with Gasteiger partial charge in [0.25, 0.3) is 5.91 Å². The lowest BCUT2D eigenvalue weighted by Crippen LogP contribution is -2.49. The number of halogens is 3. The van der Waals surface area contributed by atoms with Crippen molar-refractivity contribution in [3.63, 3.8) is 0 Å². The van der Waals surface area contributed by atoms with E-state index < -0.39 is 24.9 Å². The Kier molecular flexibility index (Phi) is 5.81. The van der Waals surface area contributed by atoms with Crippen LogP contribution in [0.4, 0.5) is 0 Å². The SMILES string of the molecule is Cc1ccc(S(=O)(=O)[C@H](NC(=O)c2ccccc2)C(Cl)(Cl)Cl)cc1. The first-order valence-corrected chi connectivity index (χ1v) is 9.53. The molecule has 0 heterocycles. The van der Waals surface area contributed by atoms with Crippen LogP contribution in [0.5, 0.6) is 0 Å². The summed E-state index contributed by atoms with van der Waals surface area (Å²) in [7, 11) is -4.11. The molecule has 128 valence electrons. The van der Waals surface area contributed by atoms with Crippen molar-refractivity contribution in [2.75, 3.05) is 0 Å². The highest BCUT2D eigenvalue weighted by atomic mass is 35.6. The second kappa shape index (κ2) is 7.31. The topological polar surface area (TPSA) is 63.2 Å². The fourth-order valence-electron chi connectivity index (χ4n) is 1.99. The highest BCUT2D eigenvalue weighted by Gasteiger charge is 2.44. The number of benzene rings is 2. The fraction of sp³-hybridized carbons (Fsp3) is 0.188. The van der Waals surface area contributed by atoms with E-state index in [1.165, 1.54) is 24.3 Å². The standard InChI is InChI=1S/C16H14Cl3NO3S/c1-11-7-9-13(10-8-11)24(22,23)15(16(17,18)19)20-14(21)12-5-3-2-4-6-12/h2-10,15H,1H3,(H,20,21)/t15-/m0/s1. The van der Waals surface area contributed by atoms with E-state index >= 15 is 0 Å². The molecule has 0 unspecified atom stereocenters. The van der Waals surface area contributed by atoms with Crippen molar-refractivity contribution in [2.24, 2.45) is 0 Å². The number of carbonyl (C=O) groups is 1. The first-order valence-electron chi connectivity index (χ1n) is 6.85. The monoisotopic (exact) mass is 405 g/mol. The number of rotatable bonds is 4. The summed E-state index contributed by atoms with van der Waals surface area (Å²) >= 11 is 17.5. The smallest absolute Gasteiger partial charge is 0.252 e. The molecule has 24 heavy (non-hydrogen) atoms. The molecule has 2 rings (SSSR count). The van der Waals surface area contributed by atoms with Crippen LogP contribution >= 0.6 is 34.8 Å². The Morgan fingerprint density at radius 2 is 1.54 bits per heavy atom. The Balaban J connectivity index is 2.39. The number of nitrogens with one attached hydrogen (secondary N) is 1. The quantitative estimate of drug-likeness (QED) is 0.783. The molecule has 1 N–H and O–H groups in total. The second-order valence-electron chi connectivity index (χ2n) is 5.12.